The molecule has 1 N–H and O–H groups in total. The predicted octanol–water partition coefficient (Wildman–Crippen LogP) is 2.63. The number of anilines is 1. The number of esters is 1. The van der Waals surface area contributed by atoms with Crippen molar-refractivity contribution in [3.8, 4) is 5.88 Å². The Morgan fingerprint density at radius 1 is 1.19 bits per heavy atom. The van der Waals surface area contributed by atoms with Gasteiger partial charge < -0.3 is 14.8 Å². The standard InChI is InChI=1S/C15H15FN2O3/c1-20-14-12(15(19)21-2)7-8-13(18-14)17-9-10-3-5-11(16)6-4-10/h3-8H,9H2,1-2H3,(H,17,18). The lowest BCUT2D eigenvalue weighted by Gasteiger charge is -2.10. The van der Waals surface area contributed by atoms with Crippen LogP contribution >= 0.6 is 0 Å². The number of ether oxygens (including phenoxy) is 2. The molecule has 0 fully saturated rings. The number of hydrogen-bond acceptors (Lipinski definition) is 5. The van der Waals surface area contributed by atoms with Gasteiger partial charge in [0.05, 0.1) is 14.2 Å². The molecule has 6 heteroatoms. The first-order valence-corrected chi connectivity index (χ1v) is 6.25. The average Bonchev–Trinajstić information content (AvgIpc) is 2.53. The van der Waals surface area contributed by atoms with Gasteiger partial charge in [0.2, 0.25) is 5.88 Å². The molecule has 0 saturated carbocycles. The molecule has 0 atom stereocenters. The molecule has 0 radical (unpaired) electrons. The zero-order valence-corrected chi connectivity index (χ0v) is 11.7. The summed E-state index contributed by atoms with van der Waals surface area (Å²) in [5, 5.41) is 3.07. The van der Waals surface area contributed by atoms with Gasteiger partial charge in [0.1, 0.15) is 17.2 Å². The van der Waals surface area contributed by atoms with Crippen LogP contribution in [-0.4, -0.2) is 25.2 Å². The van der Waals surface area contributed by atoms with E-state index < -0.39 is 5.97 Å². The molecular formula is C15H15FN2O3. The quantitative estimate of drug-likeness (QED) is 0.858. The van der Waals surface area contributed by atoms with Crippen molar-refractivity contribution in [2.45, 2.75) is 6.54 Å². The van der Waals surface area contributed by atoms with Crippen LogP contribution in [0.3, 0.4) is 0 Å². The number of rotatable bonds is 5. The summed E-state index contributed by atoms with van der Waals surface area (Å²) in [6, 6.07) is 9.38. The van der Waals surface area contributed by atoms with Crippen LogP contribution in [0, 0.1) is 5.82 Å². The fraction of sp³-hybridized carbons (Fsp3) is 0.200. The Balaban J connectivity index is 2.10. The monoisotopic (exact) mass is 290 g/mol. The molecule has 1 heterocycles. The second-order valence-corrected chi connectivity index (χ2v) is 4.22. The first kappa shape index (κ1) is 14.8. The third-order valence-electron chi connectivity index (χ3n) is 2.85. The lowest BCUT2D eigenvalue weighted by Crippen LogP contribution is -2.08. The maximum atomic E-state index is 12.8. The highest BCUT2D eigenvalue weighted by Gasteiger charge is 2.14. The molecule has 5 nitrogen and oxygen atoms in total. The Bertz CT molecular complexity index is 629. The highest BCUT2D eigenvalue weighted by atomic mass is 19.1. The minimum atomic E-state index is -0.510. The van der Waals surface area contributed by atoms with Crippen LogP contribution in [0.1, 0.15) is 15.9 Å². The van der Waals surface area contributed by atoms with Crippen LogP contribution in [0.15, 0.2) is 36.4 Å². The molecule has 0 unspecified atom stereocenters. The molecule has 0 aliphatic carbocycles. The van der Waals surface area contributed by atoms with Gasteiger partial charge in [0.25, 0.3) is 0 Å². The van der Waals surface area contributed by atoms with E-state index in [0.717, 1.165) is 5.56 Å². The molecule has 0 aliphatic heterocycles. The molecule has 2 rings (SSSR count). The fourth-order valence-corrected chi connectivity index (χ4v) is 1.75. The Labute approximate surface area is 121 Å². The van der Waals surface area contributed by atoms with Crippen molar-refractivity contribution < 1.29 is 18.7 Å². The van der Waals surface area contributed by atoms with Crippen molar-refractivity contribution in [3.05, 3.63) is 53.3 Å². The van der Waals surface area contributed by atoms with Gasteiger partial charge in [-0.1, -0.05) is 12.1 Å². The Kier molecular flexibility index (Phi) is 4.71. The molecule has 110 valence electrons. The van der Waals surface area contributed by atoms with Gasteiger partial charge in [-0.3, -0.25) is 0 Å². The van der Waals surface area contributed by atoms with Crippen molar-refractivity contribution in [2.75, 3.05) is 19.5 Å². The van der Waals surface area contributed by atoms with Gasteiger partial charge in [-0.2, -0.15) is 4.98 Å². The molecule has 1 aromatic heterocycles. The summed E-state index contributed by atoms with van der Waals surface area (Å²) in [6.45, 7) is 0.480. The number of nitrogens with zero attached hydrogens (tertiary/aromatic N) is 1. The summed E-state index contributed by atoms with van der Waals surface area (Å²) in [5.41, 5.74) is 1.17. The molecule has 0 aliphatic rings. The summed E-state index contributed by atoms with van der Waals surface area (Å²) >= 11 is 0. The minimum absolute atomic E-state index is 0.186. The van der Waals surface area contributed by atoms with E-state index in [1.54, 1.807) is 24.3 Å². The lowest BCUT2D eigenvalue weighted by molar-refractivity contribution is 0.0596. The summed E-state index contributed by atoms with van der Waals surface area (Å²) in [4.78, 5) is 15.7. The number of hydrogen-bond donors (Lipinski definition) is 1. The second-order valence-electron chi connectivity index (χ2n) is 4.22. The smallest absolute Gasteiger partial charge is 0.343 e. The van der Waals surface area contributed by atoms with E-state index in [0.29, 0.717) is 12.4 Å². The van der Waals surface area contributed by atoms with Crippen molar-refractivity contribution >= 4 is 11.8 Å². The molecule has 1 aromatic carbocycles. The minimum Gasteiger partial charge on any atom is -0.480 e. The van der Waals surface area contributed by atoms with Crippen LogP contribution in [-0.2, 0) is 11.3 Å². The summed E-state index contributed by atoms with van der Waals surface area (Å²) in [5.74, 6) is -0.0554. The molecule has 0 spiro atoms. The third-order valence-corrected chi connectivity index (χ3v) is 2.85. The van der Waals surface area contributed by atoms with E-state index in [4.69, 9.17) is 4.74 Å². The number of nitrogens with one attached hydrogen (secondary N) is 1. The molecule has 0 saturated heterocycles. The maximum absolute atomic E-state index is 12.8. The summed E-state index contributed by atoms with van der Waals surface area (Å²) < 4.78 is 22.5. The van der Waals surface area contributed by atoms with Gasteiger partial charge in [0, 0.05) is 6.54 Å². The Hall–Kier alpha value is -2.63. The number of pyridine rings is 1. The third kappa shape index (κ3) is 3.68. The van der Waals surface area contributed by atoms with Gasteiger partial charge in [-0.05, 0) is 29.8 Å². The Morgan fingerprint density at radius 3 is 2.52 bits per heavy atom. The topological polar surface area (TPSA) is 60.5 Å². The number of carbonyl (C=O) groups is 1. The van der Waals surface area contributed by atoms with Gasteiger partial charge >= 0.3 is 5.97 Å². The first-order valence-electron chi connectivity index (χ1n) is 6.25. The van der Waals surface area contributed by atoms with Crippen molar-refractivity contribution in [2.24, 2.45) is 0 Å². The van der Waals surface area contributed by atoms with Crippen LogP contribution < -0.4 is 10.1 Å². The van der Waals surface area contributed by atoms with Crippen LogP contribution in [0.5, 0.6) is 5.88 Å². The van der Waals surface area contributed by atoms with Crippen LogP contribution in [0.25, 0.3) is 0 Å². The highest BCUT2D eigenvalue weighted by molar-refractivity contribution is 5.92. The van der Waals surface area contributed by atoms with Gasteiger partial charge in [0.15, 0.2) is 0 Å². The van der Waals surface area contributed by atoms with Crippen molar-refractivity contribution in [1.82, 2.24) is 4.98 Å². The largest absolute Gasteiger partial charge is 0.480 e. The zero-order valence-electron chi connectivity index (χ0n) is 11.7. The molecule has 2 aromatic rings. The Morgan fingerprint density at radius 2 is 1.90 bits per heavy atom. The molecule has 0 bridgehead atoms. The molecular weight excluding hydrogens is 275 g/mol. The zero-order chi connectivity index (χ0) is 15.2. The number of benzene rings is 1. The summed E-state index contributed by atoms with van der Waals surface area (Å²) in [6.07, 6.45) is 0. The second kappa shape index (κ2) is 6.69. The van der Waals surface area contributed by atoms with Gasteiger partial charge in [-0.25, -0.2) is 9.18 Å². The van der Waals surface area contributed by atoms with E-state index >= 15 is 0 Å². The van der Waals surface area contributed by atoms with E-state index in [2.05, 4.69) is 15.0 Å². The highest BCUT2D eigenvalue weighted by Crippen LogP contribution is 2.19. The lowest BCUT2D eigenvalue weighted by atomic mass is 10.2. The summed E-state index contributed by atoms with van der Waals surface area (Å²) in [7, 11) is 2.72. The van der Waals surface area contributed by atoms with Crippen molar-refractivity contribution in [3.63, 3.8) is 0 Å². The number of aromatic nitrogens is 1. The molecule has 0 amide bonds. The predicted molar refractivity (Wildman–Crippen MR) is 75.9 cm³/mol. The maximum Gasteiger partial charge on any atom is 0.343 e. The van der Waals surface area contributed by atoms with E-state index in [9.17, 15) is 9.18 Å². The van der Waals surface area contributed by atoms with E-state index in [1.165, 1.54) is 26.4 Å². The normalized spacial score (nSPS) is 10.0. The van der Waals surface area contributed by atoms with E-state index in [-0.39, 0.29) is 17.3 Å². The van der Waals surface area contributed by atoms with Crippen molar-refractivity contribution in [1.29, 1.82) is 0 Å². The number of carbonyl (C=O) groups excluding carboxylic acids is 1. The fourth-order valence-electron chi connectivity index (χ4n) is 1.75. The van der Waals surface area contributed by atoms with Gasteiger partial charge in [-0.15, -0.1) is 0 Å². The average molecular weight is 290 g/mol. The molecule has 21 heavy (non-hydrogen) atoms. The van der Waals surface area contributed by atoms with Crippen LogP contribution in [0.4, 0.5) is 10.2 Å². The first-order chi connectivity index (χ1) is 10.1. The number of halogens is 1. The van der Waals surface area contributed by atoms with E-state index in [1.807, 2.05) is 0 Å². The SMILES string of the molecule is COC(=O)c1ccc(NCc2ccc(F)cc2)nc1OC. The van der Waals surface area contributed by atoms with Crippen LogP contribution in [0.2, 0.25) is 0 Å². The number of methoxy groups -OCH3 is 2.